The van der Waals surface area contributed by atoms with Crippen LogP contribution in [-0.4, -0.2) is 36.1 Å². The van der Waals surface area contributed by atoms with Crippen molar-refractivity contribution in [3.8, 4) is 22.9 Å². The Kier molecular flexibility index (Phi) is 7.92. The molecule has 3 aromatic carbocycles. The molecule has 0 saturated heterocycles. The van der Waals surface area contributed by atoms with Gasteiger partial charge in [0.2, 0.25) is 0 Å². The lowest BCUT2D eigenvalue weighted by atomic mass is 9.81. The number of halogens is 2. The average molecular weight is 526 g/mol. The van der Waals surface area contributed by atoms with Gasteiger partial charge in [-0.15, -0.1) is 0 Å². The maximum Gasteiger partial charge on any atom is 0.172 e. The smallest absolute Gasteiger partial charge is 0.172 e. The number of aromatic nitrogens is 2. The molecular formula is C28H29F2N3O3S. The summed E-state index contributed by atoms with van der Waals surface area (Å²) in [6.45, 7) is 4.52. The van der Waals surface area contributed by atoms with Crippen LogP contribution < -0.4 is 19.9 Å². The van der Waals surface area contributed by atoms with Gasteiger partial charge in [0.25, 0.3) is 0 Å². The summed E-state index contributed by atoms with van der Waals surface area (Å²) < 4.78 is 46.1. The zero-order valence-corrected chi connectivity index (χ0v) is 21.9. The molecule has 0 aliphatic carbocycles. The van der Waals surface area contributed by atoms with Gasteiger partial charge in [-0.1, -0.05) is 31.7 Å². The largest absolute Gasteiger partial charge is 0.493 e. The second-order valence-electron chi connectivity index (χ2n) is 8.81. The van der Waals surface area contributed by atoms with Crippen LogP contribution in [0.15, 0.2) is 72.0 Å². The number of benzene rings is 3. The van der Waals surface area contributed by atoms with Gasteiger partial charge in [-0.05, 0) is 54.1 Å². The first-order valence-corrected chi connectivity index (χ1v) is 12.6. The lowest BCUT2D eigenvalue weighted by molar-refractivity contribution is 0.342. The van der Waals surface area contributed by atoms with E-state index >= 15 is 0 Å². The number of thioether (sulfide) groups is 1. The summed E-state index contributed by atoms with van der Waals surface area (Å²) in [4.78, 5) is 4.70. The van der Waals surface area contributed by atoms with E-state index in [1.807, 2.05) is 29.0 Å². The van der Waals surface area contributed by atoms with Gasteiger partial charge < -0.3 is 19.9 Å². The molecule has 0 fully saturated rings. The van der Waals surface area contributed by atoms with E-state index in [2.05, 4.69) is 13.8 Å². The van der Waals surface area contributed by atoms with Crippen molar-refractivity contribution in [1.29, 1.82) is 0 Å². The number of imidazole rings is 1. The van der Waals surface area contributed by atoms with Crippen molar-refractivity contribution >= 4 is 17.4 Å². The number of hydrogen-bond donors (Lipinski definition) is 1. The predicted octanol–water partition coefficient (Wildman–Crippen LogP) is 6.25. The van der Waals surface area contributed by atoms with Crippen LogP contribution in [0.1, 0.15) is 25.1 Å². The predicted molar refractivity (Wildman–Crippen MR) is 142 cm³/mol. The monoisotopic (exact) mass is 525 g/mol. The Morgan fingerprint density at radius 1 is 0.946 bits per heavy atom. The van der Waals surface area contributed by atoms with Gasteiger partial charge in [0, 0.05) is 22.9 Å². The van der Waals surface area contributed by atoms with E-state index in [4.69, 9.17) is 24.9 Å². The third kappa shape index (κ3) is 5.67. The number of methoxy groups -OCH3 is 2. The summed E-state index contributed by atoms with van der Waals surface area (Å²) in [5, 5.41) is 0.724. The maximum atomic E-state index is 13.7. The van der Waals surface area contributed by atoms with Crippen LogP contribution in [0.2, 0.25) is 0 Å². The second kappa shape index (κ2) is 11.1. The van der Waals surface area contributed by atoms with Crippen molar-refractivity contribution in [3.05, 3.63) is 89.8 Å². The summed E-state index contributed by atoms with van der Waals surface area (Å²) in [5.74, 6) is 1.41. The summed E-state index contributed by atoms with van der Waals surface area (Å²) in [6, 6.07) is 16.5. The van der Waals surface area contributed by atoms with Gasteiger partial charge in [0.1, 0.15) is 17.4 Å². The molecule has 0 amide bonds. The molecule has 1 aromatic heterocycles. The van der Waals surface area contributed by atoms with Crippen molar-refractivity contribution in [1.82, 2.24) is 9.55 Å². The molecule has 4 rings (SSSR count). The van der Waals surface area contributed by atoms with Crippen LogP contribution in [-0.2, 0) is 5.41 Å². The number of nitrogens with zero attached hydrogens (tertiary/aromatic N) is 2. The molecule has 2 N–H and O–H groups in total. The summed E-state index contributed by atoms with van der Waals surface area (Å²) in [7, 11) is 3.20. The molecule has 0 spiro atoms. The summed E-state index contributed by atoms with van der Waals surface area (Å²) in [6.07, 6.45) is 1.83. The second-order valence-corrected chi connectivity index (χ2v) is 9.87. The van der Waals surface area contributed by atoms with Crippen LogP contribution in [0.3, 0.4) is 0 Å². The molecule has 9 heteroatoms. The molecule has 0 aliphatic heterocycles. The van der Waals surface area contributed by atoms with Gasteiger partial charge in [0.15, 0.2) is 16.7 Å². The number of nitrogen functional groups attached to an aromatic ring is 1. The number of rotatable bonds is 10. The van der Waals surface area contributed by atoms with Crippen LogP contribution >= 0.6 is 11.8 Å². The first-order chi connectivity index (χ1) is 17.7. The van der Waals surface area contributed by atoms with Gasteiger partial charge in [0.05, 0.1) is 38.4 Å². The molecule has 194 valence electrons. The minimum Gasteiger partial charge on any atom is -0.493 e. The fourth-order valence-electron chi connectivity index (χ4n) is 3.98. The van der Waals surface area contributed by atoms with Gasteiger partial charge in [-0.25, -0.2) is 13.8 Å². The van der Waals surface area contributed by atoms with E-state index in [1.165, 1.54) is 36.0 Å². The highest BCUT2D eigenvalue weighted by Crippen LogP contribution is 2.39. The Bertz CT molecular complexity index is 1370. The highest BCUT2D eigenvalue weighted by atomic mass is 32.2. The van der Waals surface area contributed by atoms with E-state index in [-0.39, 0.29) is 11.5 Å². The molecule has 0 aliphatic rings. The zero-order valence-electron chi connectivity index (χ0n) is 21.1. The van der Waals surface area contributed by atoms with Gasteiger partial charge in [-0.2, -0.15) is 0 Å². The van der Waals surface area contributed by atoms with E-state index < -0.39 is 11.2 Å². The van der Waals surface area contributed by atoms with Crippen molar-refractivity contribution in [2.75, 3.05) is 32.3 Å². The van der Waals surface area contributed by atoms with Crippen molar-refractivity contribution in [3.63, 3.8) is 0 Å². The Labute approximate surface area is 219 Å². The number of ether oxygens (including phenoxy) is 3. The van der Waals surface area contributed by atoms with Crippen LogP contribution in [0.5, 0.6) is 17.2 Å². The standard InChI is InChI=1S/C28H29F2N3O3S/c1-28(2,18-5-12-24(34-3)25(15-18)35-4)26-17-32-27(33(26)20-8-6-19(29)7-9-20)37-14-13-36-21-10-11-23(31)22(30)16-21/h5-12,15-17H,13-14,31H2,1-4H3. The average Bonchev–Trinajstić information content (AvgIpc) is 3.33. The lowest BCUT2D eigenvalue weighted by Gasteiger charge is -2.28. The molecule has 1 heterocycles. The summed E-state index contributed by atoms with van der Waals surface area (Å²) in [5.41, 5.74) is 7.81. The van der Waals surface area contributed by atoms with Gasteiger partial charge >= 0.3 is 0 Å². The molecule has 0 bridgehead atoms. The van der Waals surface area contributed by atoms with E-state index in [0.29, 0.717) is 29.6 Å². The SMILES string of the molecule is COc1ccc(C(C)(C)c2cnc(SCCOc3ccc(N)c(F)c3)n2-c2ccc(F)cc2)cc1OC. The van der Waals surface area contributed by atoms with E-state index in [1.54, 1.807) is 32.4 Å². The van der Waals surface area contributed by atoms with E-state index in [0.717, 1.165) is 22.1 Å². The molecule has 0 atom stereocenters. The molecule has 0 unspecified atom stereocenters. The molecule has 37 heavy (non-hydrogen) atoms. The quantitative estimate of drug-likeness (QED) is 0.150. The van der Waals surface area contributed by atoms with E-state index in [9.17, 15) is 8.78 Å². The molecular weight excluding hydrogens is 496 g/mol. The fraction of sp³-hybridized carbons (Fsp3) is 0.250. The van der Waals surface area contributed by atoms with Crippen molar-refractivity contribution in [2.24, 2.45) is 0 Å². The molecule has 6 nitrogen and oxygen atoms in total. The Morgan fingerprint density at radius 3 is 2.35 bits per heavy atom. The number of anilines is 1. The molecule has 0 radical (unpaired) electrons. The number of nitrogens with two attached hydrogens (primary N) is 1. The van der Waals surface area contributed by atoms with Crippen LogP contribution in [0.4, 0.5) is 14.5 Å². The normalized spacial score (nSPS) is 11.4. The van der Waals surface area contributed by atoms with Crippen LogP contribution in [0.25, 0.3) is 5.69 Å². The number of hydrogen-bond acceptors (Lipinski definition) is 6. The highest BCUT2D eigenvalue weighted by Gasteiger charge is 2.30. The third-order valence-electron chi connectivity index (χ3n) is 6.12. The zero-order chi connectivity index (χ0) is 26.6. The summed E-state index contributed by atoms with van der Waals surface area (Å²) >= 11 is 1.49. The van der Waals surface area contributed by atoms with Crippen LogP contribution in [0, 0.1) is 11.6 Å². The van der Waals surface area contributed by atoms with Gasteiger partial charge in [-0.3, -0.25) is 4.57 Å². The Balaban J connectivity index is 1.63. The Morgan fingerprint density at radius 2 is 1.68 bits per heavy atom. The first-order valence-electron chi connectivity index (χ1n) is 11.6. The first kappa shape index (κ1) is 26.3. The minimum absolute atomic E-state index is 0.0766. The molecule has 0 saturated carbocycles. The van der Waals surface area contributed by atoms with Crippen molar-refractivity contribution < 1.29 is 23.0 Å². The lowest BCUT2D eigenvalue weighted by Crippen LogP contribution is -2.23. The topological polar surface area (TPSA) is 71.5 Å². The highest BCUT2D eigenvalue weighted by molar-refractivity contribution is 7.99. The third-order valence-corrected chi connectivity index (χ3v) is 7.03. The molecule has 4 aromatic rings. The fourth-order valence-corrected chi connectivity index (χ4v) is 4.79. The minimum atomic E-state index is -0.515. The maximum absolute atomic E-state index is 13.7. The van der Waals surface area contributed by atoms with Crippen molar-refractivity contribution in [2.45, 2.75) is 24.4 Å². The Hall–Kier alpha value is -3.72.